The van der Waals surface area contributed by atoms with Crippen molar-refractivity contribution in [1.82, 2.24) is 5.32 Å². The lowest BCUT2D eigenvalue weighted by atomic mass is 10.2. The molecule has 1 amide bonds. The van der Waals surface area contributed by atoms with Crippen molar-refractivity contribution in [2.75, 3.05) is 7.11 Å². The number of hydrogen-bond donors (Lipinski definition) is 1. The normalized spacial score (nSPS) is 10.8. The molecule has 0 heterocycles. The molecule has 0 bridgehead atoms. The number of nitrogens with one attached hydrogen (secondary N) is 1. The quantitative estimate of drug-likeness (QED) is 0.787. The Kier molecular flexibility index (Phi) is 6.31. The monoisotopic (exact) mass is 333 g/mol. The van der Waals surface area contributed by atoms with E-state index in [1.807, 2.05) is 12.1 Å². The molecule has 2 aromatic rings. The Balaban J connectivity index is 1.93. The number of benzene rings is 2. The highest BCUT2D eigenvalue weighted by Crippen LogP contribution is 2.21. The minimum atomic E-state index is -2.91. The van der Waals surface area contributed by atoms with Gasteiger partial charge in [-0.1, -0.05) is 30.3 Å². The smallest absolute Gasteiger partial charge is 0.387 e. The third-order valence-corrected chi connectivity index (χ3v) is 3.18. The van der Waals surface area contributed by atoms with Gasteiger partial charge in [-0.25, -0.2) is 0 Å². The molecule has 0 saturated heterocycles. The molecule has 4 nitrogen and oxygen atoms in total. The van der Waals surface area contributed by atoms with Gasteiger partial charge in [-0.2, -0.15) is 8.78 Å². The van der Waals surface area contributed by atoms with Crippen molar-refractivity contribution >= 4 is 12.0 Å². The summed E-state index contributed by atoms with van der Waals surface area (Å²) in [6, 6.07) is 13.5. The van der Waals surface area contributed by atoms with Crippen LogP contribution in [-0.4, -0.2) is 19.6 Å². The number of rotatable bonds is 7. The zero-order valence-electron chi connectivity index (χ0n) is 13.0. The Labute approximate surface area is 138 Å². The van der Waals surface area contributed by atoms with Crippen molar-refractivity contribution in [3.05, 3.63) is 65.7 Å². The summed E-state index contributed by atoms with van der Waals surface area (Å²) in [6.45, 7) is -2.56. The Bertz CT molecular complexity index is 700. The van der Waals surface area contributed by atoms with Crippen molar-refractivity contribution in [2.24, 2.45) is 0 Å². The van der Waals surface area contributed by atoms with Crippen molar-refractivity contribution in [2.45, 2.75) is 13.2 Å². The van der Waals surface area contributed by atoms with E-state index >= 15 is 0 Å². The van der Waals surface area contributed by atoms with Gasteiger partial charge in [0.05, 0.1) is 7.11 Å². The summed E-state index contributed by atoms with van der Waals surface area (Å²) in [5.74, 6) is 0.421. The zero-order valence-corrected chi connectivity index (χ0v) is 13.0. The summed E-state index contributed by atoms with van der Waals surface area (Å²) < 4.78 is 34.1. The number of ether oxygens (including phenoxy) is 2. The Morgan fingerprint density at radius 2 is 1.88 bits per heavy atom. The molecular weight excluding hydrogens is 316 g/mol. The number of carbonyl (C=O) groups excluding carboxylic acids is 1. The van der Waals surface area contributed by atoms with E-state index in [-0.39, 0.29) is 11.7 Å². The van der Waals surface area contributed by atoms with E-state index in [0.29, 0.717) is 12.1 Å². The second kappa shape index (κ2) is 8.67. The summed E-state index contributed by atoms with van der Waals surface area (Å²) in [4.78, 5) is 11.8. The Hall–Kier alpha value is -2.89. The predicted octanol–water partition coefficient (Wildman–Crippen LogP) is 3.63. The molecule has 0 atom stereocenters. The summed E-state index contributed by atoms with van der Waals surface area (Å²) in [7, 11) is 1.58. The van der Waals surface area contributed by atoms with Crippen LogP contribution in [0, 0.1) is 0 Å². The largest absolute Gasteiger partial charge is 0.497 e. The molecule has 0 aromatic heterocycles. The minimum absolute atomic E-state index is 0.0201. The molecule has 0 aliphatic rings. The van der Waals surface area contributed by atoms with Gasteiger partial charge in [0.15, 0.2) is 0 Å². The highest BCUT2D eigenvalue weighted by molar-refractivity contribution is 5.92. The van der Waals surface area contributed by atoms with Crippen LogP contribution in [0.15, 0.2) is 54.6 Å². The molecule has 0 fully saturated rings. The van der Waals surface area contributed by atoms with Crippen LogP contribution in [-0.2, 0) is 11.3 Å². The highest BCUT2D eigenvalue weighted by Gasteiger charge is 2.07. The van der Waals surface area contributed by atoms with Crippen molar-refractivity contribution < 1.29 is 23.0 Å². The van der Waals surface area contributed by atoms with Gasteiger partial charge in [-0.15, -0.1) is 0 Å². The standard InChI is InChI=1S/C18H17F2NO3/c1-23-15-9-6-13(7-10-15)12-21-17(22)11-8-14-4-2-3-5-16(14)24-18(19)20/h2-11,18H,12H2,1H3,(H,21,22)/b11-8+. The van der Waals surface area contributed by atoms with Gasteiger partial charge in [0, 0.05) is 18.2 Å². The van der Waals surface area contributed by atoms with Crippen LogP contribution in [0.5, 0.6) is 11.5 Å². The summed E-state index contributed by atoms with van der Waals surface area (Å²) >= 11 is 0. The van der Waals surface area contributed by atoms with Crippen LogP contribution in [0.1, 0.15) is 11.1 Å². The Morgan fingerprint density at radius 1 is 1.17 bits per heavy atom. The first-order chi connectivity index (χ1) is 11.6. The van der Waals surface area contributed by atoms with Gasteiger partial charge in [0.1, 0.15) is 11.5 Å². The lowest BCUT2D eigenvalue weighted by Gasteiger charge is -2.07. The fourth-order valence-corrected chi connectivity index (χ4v) is 1.98. The minimum Gasteiger partial charge on any atom is -0.497 e. The third-order valence-electron chi connectivity index (χ3n) is 3.18. The second-order valence-electron chi connectivity index (χ2n) is 4.82. The van der Waals surface area contributed by atoms with Crippen molar-refractivity contribution in [3.63, 3.8) is 0 Å². The topological polar surface area (TPSA) is 47.6 Å². The summed E-state index contributed by atoms with van der Waals surface area (Å²) in [5, 5.41) is 2.71. The maximum atomic E-state index is 12.3. The molecule has 2 aromatic carbocycles. The number of hydrogen-bond acceptors (Lipinski definition) is 3. The molecule has 24 heavy (non-hydrogen) atoms. The molecule has 0 radical (unpaired) electrons. The molecule has 0 saturated carbocycles. The third kappa shape index (κ3) is 5.39. The van der Waals surface area contributed by atoms with Crippen LogP contribution in [0.25, 0.3) is 6.08 Å². The molecule has 0 aliphatic heterocycles. The van der Waals surface area contributed by atoms with E-state index in [4.69, 9.17) is 4.74 Å². The van der Waals surface area contributed by atoms with Crippen LogP contribution >= 0.6 is 0 Å². The average Bonchev–Trinajstić information content (AvgIpc) is 2.59. The number of amides is 1. The lowest BCUT2D eigenvalue weighted by molar-refractivity contribution is -0.116. The molecule has 0 unspecified atom stereocenters. The first kappa shape index (κ1) is 17.5. The van der Waals surface area contributed by atoms with Crippen LogP contribution < -0.4 is 14.8 Å². The van der Waals surface area contributed by atoms with Gasteiger partial charge in [-0.05, 0) is 29.8 Å². The van der Waals surface area contributed by atoms with Crippen LogP contribution in [0.2, 0.25) is 0 Å². The molecule has 0 aliphatic carbocycles. The molecule has 0 spiro atoms. The van der Waals surface area contributed by atoms with Gasteiger partial charge in [0.2, 0.25) is 5.91 Å². The lowest BCUT2D eigenvalue weighted by Crippen LogP contribution is -2.20. The van der Waals surface area contributed by atoms with Gasteiger partial charge in [-0.3, -0.25) is 4.79 Å². The van der Waals surface area contributed by atoms with Crippen LogP contribution in [0.4, 0.5) is 8.78 Å². The predicted molar refractivity (Wildman–Crippen MR) is 86.9 cm³/mol. The first-order valence-corrected chi connectivity index (χ1v) is 7.21. The number of methoxy groups -OCH3 is 1. The van der Waals surface area contributed by atoms with E-state index in [0.717, 1.165) is 11.3 Å². The average molecular weight is 333 g/mol. The van der Waals surface area contributed by atoms with E-state index in [2.05, 4.69) is 10.1 Å². The van der Waals surface area contributed by atoms with Gasteiger partial charge >= 0.3 is 6.61 Å². The van der Waals surface area contributed by atoms with Crippen LogP contribution in [0.3, 0.4) is 0 Å². The molecule has 2 rings (SSSR count). The fourth-order valence-electron chi connectivity index (χ4n) is 1.98. The van der Waals surface area contributed by atoms with E-state index in [9.17, 15) is 13.6 Å². The molecule has 126 valence electrons. The van der Waals surface area contributed by atoms with Gasteiger partial charge < -0.3 is 14.8 Å². The zero-order chi connectivity index (χ0) is 17.4. The summed E-state index contributed by atoms with van der Waals surface area (Å²) in [5.41, 5.74) is 1.32. The first-order valence-electron chi connectivity index (χ1n) is 7.21. The number of para-hydroxylation sites is 1. The van der Waals surface area contributed by atoms with E-state index in [1.165, 1.54) is 18.2 Å². The summed E-state index contributed by atoms with van der Waals surface area (Å²) in [6.07, 6.45) is 2.71. The maximum Gasteiger partial charge on any atom is 0.387 e. The second-order valence-corrected chi connectivity index (χ2v) is 4.82. The van der Waals surface area contributed by atoms with E-state index < -0.39 is 6.61 Å². The van der Waals surface area contributed by atoms with E-state index in [1.54, 1.807) is 37.4 Å². The molecular formula is C18H17F2NO3. The maximum absolute atomic E-state index is 12.3. The SMILES string of the molecule is COc1ccc(CNC(=O)/C=C/c2ccccc2OC(F)F)cc1. The van der Waals surface area contributed by atoms with Crippen molar-refractivity contribution in [3.8, 4) is 11.5 Å². The Morgan fingerprint density at radius 3 is 2.54 bits per heavy atom. The molecule has 6 heteroatoms. The number of alkyl halides is 2. The number of halogens is 2. The molecule has 1 N–H and O–H groups in total. The highest BCUT2D eigenvalue weighted by atomic mass is 19.3. The van der Waals surface area contributed by atoms with Gasteiger partial charge in [0.25, 0.3) is 0 Å². The van der Waals surface area contributed by atoms with Crippen molar-refractivity contribution in [1.29, 1.82) is 0 Å². The fraction of sp³-hybridized carbons (Fsp3) is 0.167. The number of carbonyl (C=O) groups is 1.